The van der Waals surface area contributed by atoms with E-state index in [9.17, 15) is 17.6 Å². The standard InChI is InChI=1S/C22H22ClFN4O3S/c1-27-13-21(26-14-27)32(30,31)28-11-19(16-4-8-18(24)9-5-16)20(12-28)22(29)25-10-15-2-6-17(23)7-3-15/h2-9,13-14,19-20H,10-12H2,1H3,(H,25,29). The lowest BCUT2D eigenvalue weighted by molar-refractivity contribution is -0.125. The van der Waals surface area contributed by atoms with E-state index in [-0.39, 0.29) is 30.6 Å². The van der Waals surface area contributed by atoms with Crippen LogP contribution in [-0.2, 0) is 28.4 Å². The summed E-state index contributed by atoms with van der Waals surface area (Å²) in [4.78, 5) is 17.1. The van der Waals surface area contributed by atoms with Gasteiger partial charge in [0.2, 0.25) is 5.91 Å². The average molecular weight is 477 g/mol. The maximum Gasteiger partial charge on any atom is 0.262 e. The molecule has 32 heavy (non-hydrogen) atoms. The van der Waals surface area contributed by atoms with Crippen molar-refractivity contribution in [3.8, 4) is 0 Å². The van der Waals surface area contributed by atoms with Crippen LogP contribution in [-0.4, -0.2) is 41.3 Å². The Balaban J connectivity index is 1.57. The topological polar surface area (TPSA) is 84.3 Å². The van der Waals surface area contributed by atoms with Crippen molar-refractivity contribution in [3.63, 3.8) is 0 Å². The van der Waals surface area contributed by atoms with Gasteiger partial charge in [-0.1, -0.05) is 35.9 Å². The number of aryl methyl sites for hydroxylation is 1. The number of aromatic nitrogens is 2. The molecule has 0 bridgehead atoms. The molecular formula is C22H22ClFN4O3S. The molecule has 2 aromatic carbocycles. The summed E-state index contributed by atoms with van der Waals surface area (Å²) < 4.78 is 42.5. The van der Waals surface area contributed by atoms with E-state index in [2.05, 4.69) is 10.3 Å². The highest BCUT2D eigenvalue weighted by molar-refractivity contribution is 7.89. The zero-order valence-corrected chi connectivity index (χ0v) is 18.9. The summed E-state index contributed by atoms with van der Waals surface area (Å²) in [5.41, 5.74) is 1.58. The van der Waals surface area contributed by atoms with Crippen molar-refractivity contribution < 1.29 is 17.6 Å². The van der Waals surface area contributed by atoms with Crippen LogP contribution in [0.1, 0.15) is 17.0 Å². The second-order valence-electron chi connectivity index (χ2n) is 7.81. The summed E-state index contributed by atoms with van der Waals surface area (Å²) >= 11 is 5.90. The fourth-order valence-corrected chi connectivity index (χ4v) is 5.44. The van der Waals surface area contributed by atoms with Gasteiger partial charge in [-0.15, -0.1) is 0 Å². The highest BCUT2D eigenvalue weighted by Gasteiger charge is 2.44. The van der Waals surface area contributed by atoms with E-state index < -0.39 is 27.7 Å². The summed E-state index contributed by atoms with van der Waals surface area (Å²) in [6.45, 7) is 0.395. The van der Waals surface area contributed by atoms with Crippen LogP contribution in [0.15, 0.2) is 66.1 Å². The van der Waals surface area contributed by atoms with Gasteiger partial charge in [0.1, 0.15) is 5.82 Å². The van der Waals surface area contributed by atoms with Crippen LogP contribution in [0.2, 0.25) is 5.02 Å². The van der Waals surface area contributed by atoms with Crippen LogP contribution in [0.25, 0.3) is 0 Å². The lowest BCUT2D eigenvalue weighted by Gasteiger charge is -2.18. The van der Waals surface area contributed by atoms with Gasteiger partial charge >= 0.3 is 0 Å². The first-order valence-electron chi connectivity index (χ1n) is 10.00. The predicted molar refractivity (Wildman–Crippen MR) is 118 cm³/mol. The van der Waals surface area contributed by atoms with Crippen molar-refractivity contribution in [2.45, 2.75) is 17.5 Å². The van der Waals surface area contributed by atoms with Crippen molar-refractivity contribution in [2.24, 2.45) is 13.0 Å². The van der Waals surface area contributed by atoms with Crippen LogP contribution in [0, 0.1) is 11.7 Å². The number of imidazole rings is 1. The average Bonchev–Trinajstić information content (AvgIpc) is 3.41. The highest BCUT2D eigenvalue weighted by atomic mass is 35.5. The van der Waals surface area contributed by atoms with Crippen LogP contribution >= 0.6 is 11.6 Å². The highest BCUT2D eigenvalue weighted by Crippen LogP contribution is 2.36. The Morgan fingerprint density at radius 3 is 2.47 bits per heavy atom. The number of nitrogens with zero attached hydrogens (tertiary/aromatic N) is 3. The van der Waals surface area contributed by atoms with Gasteiger partial charge in [-0.2, -0.15) is 4.31 Å². The van der Waals surface area contributed by atoms with E-state index in [0.717, 1.165) is 5.56 Å². The number of benzene rings is 2. The zero-order valence-electron chi connectivity index (χ0n) is 17.3. The second kappa shape index (κ2) is 9.01. The molecule has 1 amide bonds. The molecule has 1 fully saturated rings. The van der Waals surface area contributed by atoms with Crippen LogP contribution in [0.3, 0.4) is 0 Å². The minimum Gasteiger partial charge on any atom is -0.352 e. The van der Waals surface area contributed by atoms with Crippen LogP contribution < -0.4 is 5.32 Å². The quantitative estimate of drug-likeness (QED) is 0.593. The maximum absolute atomic E-state index is 13.5. The smallest absolute Gasteiger partial charge is 0.262 e. The Kier molecular flexibility index (Phi) is 6.32. The lowest BCUT2D eigenvalue weighted by Crippen LogP contribution is -2.35. The number of amides is 1. The Morgan fingerprint density at radius 1 is 1.16 bits per heavy atom. The van der Waals surface area contributed by atoms with Gasteiger partial charge in [-0.05, 0) is 35.4 Å². The first-order chi connectivity index (χ1) is 15.2. The van der Waals surface area contributed by atoms with Gasteiger partial charge in [0.25, 0.3) is 10.0 Å². The fraction of sp³-hybridized carbons (Fsp3) is 0.273. The van der Waals surface area contributed by atoms with E-state index in [4.69, 9.17) is 11.6 Å². The lowest BCUT2D eigenvalue weighted by atomic mass is 9.88. The number of carbonyl (C=O) groups excluding carboxylic acids is 1. The molecule has 2 heterocycles. The first kappa shape index (κ1) is 22.4. The van der Waals surface area contributed by atoms with Gasteiger partial charge < -0.3 is 9.88 Å². The van der Waals surface area contributed by atoms with E-state index in [1.165, 1.54) is 29.0 Å². The predicted octanol–water partition coefficient (Wildman–Crippen LogP) is 2.93. The molecule has 1 N–H and O–H groups in total. The molecule has 1 aliphatic rings. The number of hydrogen-bond acceptors (Lipinski definition) is 4. The molecule has 0 aliphatic carbocycles. The van der Waals surface area contributed by atoms with Gasteiger partial charge in [-0.3, -0.25) is 4.79 Å². The van der Waals surface area contributed by atoms with Crippen molar-refractivity contribution in [1.29, 1.82) is 0 Å². The molecule has 10 heteroatoms. The fourth-order valence-electron chi connectivity index (χ4n) is 3.85. The minimum absolute atomic E-state index is 0.00734. The van der Waals surface area contributed by atoms with Crippen molar-refractivity contribution in [3.05, 3.63) is 83.0 Å². The van der Waals surface area contributed by atoms with E-state index in [0.29, 0.717) is 10.6 Å². The molecule has 0 saturated carbocycles. The van der Waals surface area contributed by atoms with E-state index >= 15 is 0 Å². The molecule has 3 aromatic rings. The molecular weight excluding hydrogens is 455 g/mol. The number of hydrogen-bond donors (Lipinski definition) is 1. The molecule has 1 aliphatic heterocycles. The molecule has 0 spiro atoms. The van der Waals surface area contributed by atoms with Gasteiger partial charge in [-0.25, -0.2) is 17.8 Å². The van der Waals surface area contributed by atoms with Gasteiger partial charge in [0, 0.05) is 43.8 Å². The number of rotatable bonds is 6. The van der Waals surface area contributed by atoms with Crippen molar-refractivity contribution in [1.82, 2.24) is 19.2 Å². The third-order valence-corrected chi connectivity index (χ3v) is 7.56. The zero-order chi connectivity index (χ0) is 22.9. The summed E-state index contributed by atoms with van der Waals surface area (Å²) in [6, 6.07) is 12.9. The summed E-state index contributed by atoms with van der Waals surface area (Å²) in [5.74, 6) is -1.72. The normalized spacial score (nSPS) is 19.2. The molecule has 1 saturated heterocycles. The number of carbonyl (C=O) groups is 1. The van der Waals surface area contributed by atoms with E-state index in [1.54, 1.807) is 35.9 Å². The van der Waals surface area contributed by atoms with Crippen LogP contribution in [0.5, 0.6) is 0 Å². The monoisotopic (exact) mass is 476 g/mol. The largest absolute Gasteiger partial charge is 0.352 e. The summed E-state index contributed by atoms with van der Waals surface area (Å²) in [5, 5.41) is 3.42. The molecule has 7 nitrogen and oxygen atoms in total. The van der Waals surface area contributed by atoms with Crippen molar-refractivity contribution >= 4 is 27.5 Å². The van der Waals surface area contributed by atoms with Gasteiger partial charge in [0.05, 0.1) is 12.2 Å². The Labute approximate surface area is 190 Å². The van der Waals surface area contributed by atoms with Gasteiger partial charge in [0.15, 0.2) is 5.03 Å². The van der Waals surface area contributed by atoms with Crippen LogP contribution in [0.4, 0.5) is 4.39 Å². The maximum atomic E-state index is 13.5. The first-order valence-corrected chi connectivity index (χ1v) is 11.8. The minimum atomic E-state index is -3.87. The number of nitrogens with one attached hydrogen (secondary N) is 1. The Bertz CT molecular complexity index is 1210. The Morgan fingerprint density at radius 2 is 1.84 bits per heavy atom. The molecule has 4 rings (SSSR count). The molecule has 2 atom stereocenters. The molecule has 2 unspecified atom stereocenters. The van der Waals surface area contributed by atoms with E-state index in [1.807, 2.05) is 12.1 Å². The number of sulfonamides is 1. The third-order valence-electron chi connectivity index (χ3n) is 5.59. The number of halogens is 2. The SMILES string of the molecule is Cn1cnc(S(=O)(=O)N2CC(C(=O)NCc3ccc(Cl)cc3)C(c3ccc(F)cc3)C2)c1. The molecule has 168 valence electrons. The third kappa shape index (κ3) is 4.69. The summed E-state index contributed by atoms with van der Waals surface area (Å²) in [6.07, 6.45) is 2.84. The molecule has 0 radical (unpaired) electrons. The molecule has 1 aromatic heterocycles. The summed E-state index contributed by atoms with van der Waals surface area (Å²) in [7, 11) is -2.19. The Hall–Kier alpha value is -2.75. The van der Waals surface area contributed by atoms with Crippen molar-refractivity contribution in [2.75, 3.05) is 13.1 Å². The second-order valence-corrected chi connectivity index (χ2v) is 10.1.